The van der Waals surface area contributed by atoms with Gasteiger partial charge < -0.3 is 4.40 Å². The zero-order chi connectivity index (χ0) is 16.4. The topological polar surface area (TPSA) is 4.41 Å². The zero-order valence-electron chi connectivity index (χ0n) is 13.6. The van der Waals surface area contributed by atoms with Crippen LogP contribution in [-0.4, -0.2) is 4.40 Å². The van der Waals surface area contributed by atoms with Gasteiger partial charge in [-0.2, -0.15) is 0 Å². The largest absolute Gasteiger partial charge is 0.308 e. The van der Waals surface area contributed by atoms with E-state index in [0.29, 0.717) is 0 Å². The summed E-state index contributed by atoms with van der Waals surface area (Å²) in [7, 11) is 0. The van der Waals surface area contributed by atoms with Crippen LogP contribution in [0.4, 0.5) is 0 Å². The van der Waals surface area contributed by atoms with Gasteiger partial charge in [-0.1, -0.05) is 78.9 Å². The molecule has 0 bridgehead atoms. The molecule has 0 unspecified atom stereocenters. The fourth-order valence-corrected chi connectivity index (χ4v) is 4.34. The monoisotopic (exact) mass is 317 g/mol. The fraction of sp³-hybridized carbons (Fsp3) is 0. The number of rotatable bonds is 1. The first-order valence-corrected chi connectivity index (χ1v) is 8.65. The van der Waals surface area contributed by atoms with Gasteiger partial charge in [-0.15, -0.1) is 0 Å². The number of fused-ring (bicyclic) bond motifs is 6. The lowest BCUT2D eigenvalue weighted by atomic mass is 9.99. The molecule has 0 atom stereocenters. The summed E-state index contributed by atoms with van der Waals surface area (Å²) in [5, 5.41) is 5.35. The molecule has 2 aromatic heterocycles. The third-order valence-corrected chi connectivity index (χ3v) is 5.33. The van der Waals surface area contributed by atoms with E-state index in [4.69, 9.17) is 0 Å². The van der Waals surface area contributed by atoms with E-state index >= 15 is 0 Å². The first kappa shape index (κ1) is 13.0. The van der Waals surface area contributed by atoms with Crippen molar-refractivity contribution in [1.82, 2.24) is 4.40 Å². The first-order chi connectivity index (χ1) is 12.4. The molecule has 0 aliphatic carbocycles. The van der Waals surface area contributed by atoms with Crippen LogP contribution in [0.25, 0.3) is 49.2 Å². The SMILES string of the molecule is c1ccc(-c2cccc3c2c2cccc4c5ccccc5n3c42)cc1. The highest BCUT2D eigenvalue weighted by atomic mass is 14.9. The highest BCUT2D eigenvalue weighted by molar-refractivity contribution is 6.25. The molecule has 4 aromatic carbocycles. The van der Waals surface area contributed by atoms with Gasteiger partial charge in [-0.25, -0.2) is 0 Å². The molecule has 0 saturated carbocycles. The van der Waals surface area contributed by atoms with Crippen LogP contribution in [-0.2, 0) is 0 Å². The minimum absolute atomic E-state index is 1.27. The van der Waals surface area contributed by atoms with Crippen LogP contribution < -0.4 is 0 Å². The molecule has 25 heavy (non-hydrogen) atoms. The molecule has 0 fully saturated rings. The van der Waals surface area contributed by atoms with Crippen LogP contribution in [0.2, 0.25) is 0 Å². The predicted molar refractivity (Wildman–Crippen MR) is 107 cm³/mol. The molecule has 0 amide bonds. The molecule has 6 aromatic rings. The molecule has 0 aliphatic heterocycles. The second-order valence-electron chi connectivity index (χ2n) is 6.62. The molecule has 0 radical (unpaired) electrons. The first-order valence-electron chi connectivity index (χ1n) is 8.65. The van der Waals surface area contributed by atoms with Crippen LogP contribution in [0.15, 0.2) is 91.0 Å². The molecule has 1 nitrogen and oxygen atoms in total. The Balaban J connectivity index is 1.93. The Bertz CT molecular complexity index is 1370. The van der Waals surface area contributed by atoms with Crippen LogP contribution >= 0.6 is 0 Å². The van der Waals surface area contributed by atoms with Crippen molar-refractivity contribution in [2.24, 2.45) is 0 Å². The van der Waals surface area contributed by atoms with E-state index in [1.54, 1.807) is 0 Å². The molecule has 0 N–H and O–H groups in total. The molecule has 6 rings (SSSR count). The van der Waals surface area contributed by atoms with Gasteiger partial charge in [-0.3, -0.25) is 0 Å². The van der Waals surface area contributed by atoms with Crippen molar-refractivity contribution in [3.05, 3.63) is 91.0 Å². The molecule has 0 aliphatic rings. The van der Waals surface area contributed by atoms with Gasteiger partial charge in [-0.05, 0) is 23.3 Å². The van der Waals surface area contributed by atoms with E-state index in [2.05, 4.69) is 95.4 Å². The van der Waals surface area contributed by atoms with Gasteiger partial charge in [0.15, 0.2) is 0 Å². The predicted octanol–water partition coefficient (Wildman–Crippen LogP) is 6.50. The molecular weight excluding hydrogens is 302 g/mol. The molecule has 0 saturated heterocycles. The maximum Gasteiger partial charge on any atom is 0.0620 e. The number of benzene rings is 4. The lowest BCUT2D eigenvalue weighted by Crippen LogP contribution is -1.82. The second kappa shape index (κ2) is 4.61. The number of aromatic nitrogens is 1. The molecule has 1 heteroatoms. The second-order valence-corrected chi connectivity index (χ2v) is 6.62. The molecular formula is C24H15N. The average Bonchev–Trinajstić information content (AvgIpc) is 3.21. The summed E-state index contributed by atoms with van der Waals surface area (Å²) >= 11 is 0. The maximum atomic E-state index is 2.43. The number of hydrogen-bond donors (Lipinski definition) is 0. The normalized spacial score (nSPS) is 12.0. The highest BCUT2D eigenvalue weighted by Crippen LogP contribution is 2.42. The van der Waals surface area contributed by atoms with E-state index in [1.807, 2.05) is 0 Å². The Morgan fingerprint density at radius 3 is 2.08 bits per heavy atom. The third kappa shape index (κ3) is 1.58. The molecule has 2 heterocycles. The van der Waals surface area contributed by atoms with Gasteiger partial charge in [0.2, 0.25) is 0 Å². The van der Waals surface area contributed by atoms with Crippen molar-refractivity contribution >= 4 is 38.1 Å². The van der Waals surface area contributed by atoms with E-state index < -0.39 is 0 Å². The Morgan fingerprint density at radius 2 is 1.16 bits per heavy atom. The van der Waals surface area contributed by atoms with E-state index in [0.717, 1.165) is 0 Å². The fourth-order valence-electron chi connectivity index (χ4n) is 4.34. The summed E-state index contributed by atoms with van der Waals surface area (Å²) in [6.45, 7) is 0. The van der Waals surface area contributed by atoms with Crippen molar-refractivity contribution in [3.8, 4) is 11.1 Å². The quantitative estimate of drug-likeness (QED) is 0.326. The van der Waals surface area contributed by atoms with Gasteiger partial charge in [0.05, 0.1) is 16.6 Å². The third-order valence-electron chi connectivity index (χ3n) is 5.33. The smallest absolute Gasteiger partial charge is 0.0620 e. The van der Waals surface area contributed by atoms with Crippen LogP contribution in [0.3, 0.4) is 0 Å². The van der Waals surface area contributed by atoms with Gasteiger partial charge >= 0.3 is 0 Å². The zero-order valence-corrected chi connectivity index (χ0v) is 13.6. The standard InChI is InChI=1S/C24H15N/c1-2-8-16(9-3-1)17-11-7-15-22-23(17)20-13-6-12-19-18-10-4-5-14-21(18)25(22)24(19)20/h1-15H. The minimum Gasteiger partial charge on any atom is -0.308 e. The summed E-state index contributed by atoms with van der Waals surface area (Å²) in [5.74, 6) is 0. The lowest BCUT2D eigenvalue weighted by molar-refractivity contribution is 1.37. The summed E-state index contributed by atoms with van der Waals surface area (Å²) in [6, 6.07) is 32.7. The van der Waals surface area contributed by atoms with Crippen molar-refractivity contribution in [1.29, 1.82) is 0 Å². The summed E-state index contributed by atoms with van der Waals surface area (Å²) < 4.78 is 2.43. The van der Waals surface area contributed by atoms with Crippen LogP contribution in [0, 0.1) is 0 Å². The summed E-state index contributed by atoms with van der Waals surface area (Å²) in [6.07, 6.45) is 0. The number of nitrogens with zero attached hydrogens (tertiary/aromatic N) is 1. The Labute approximate surface area is 145 Å². The minimum atomic E-state index is 1.27. The van der Waals surface area contributed by atoms with Crippen molar-refractivity contribution in [2.45, 2.75) is 0 Å². The van der Waals surface area contributed by atoms with E-state index in [9.17, 15) is 0 Å². The number of para-hydroxylation sites is 2. The summed E-state index contributed by atoms with van der Waals surface area (Å²) in [5.41, 5.74) is 6.48. The molecule has 116 valence electrons. The van der Waals surface area contributed by atoms with Crippen molar-refractivity contribution in [2.75, 3.05) is 0 Å². The molecule has 0 spiro atoms. The summed E-state index contributed by atoms with van der Waals surface area (Å²) in [4.78, 5) is 0. The van der Waals surface area contributed by atoms with Gasteiger partial charge in [0.1, 0.15) is 0 Å². The maximum absolute atomic E-state index is 2.43. The van der Waals surface area contributed by atoms with Crippen LogP contribution in [0.5, 0.6) is 0 Å². The highest BCUT2D eigenvalue weighted by Gasteiger charge is 2.18. The van der Waals surface area contributed by atoms with E-state index in [-0.39, 0.29) is 0 Å². The number of hydrogen-bond acceptors (Lipinski definition) is 0. The van der Waals surface area contributed by atoms with Crippen molar-refractivity contribution in [3.63, 3.8) is 0 Å². The Hall–Kier alpha value is -3.32. The average molecular weight is 317 g/mol. The Kier molecular flexibility index (Phi) is 2.40. The Morgan fingerprint density at radius 1 is 0.480 bits per heavy atom. The van der Waals surface area contributed by atoms with E-state index in [1.165, 1.54) is 49.2 Å². The van der Waals surface area contributed by atoms with Crippen molar-refractivity contribution < 1.29 is 0 Å². The van der Waals surface area contributed by atoms with Gasteiger partial charge in [0, 0.05) is 21.5 Å². The van der Waals surface area contributed by atoms with Gasteiger partial charge in [0.25, 0.3) is 0 Å². The van der Waals surface area contributed by atoms with Crippen LogP contribution in [0.1, 0.15) is 0 Å². The lowest BCUT2D eigenvalue weighted by Gasteiger charge is -2.05.